The summed E-state index contributed by atoms with van der Waals surface area (Å²) in [6.07, 6.45) is 0.603. The number of nitrogens with zero attached hydrogens (tertiary/aromatic N) is 5. The van der Waals surface area contributed by atoms with Crippen LogP contribution in [0.25, 0.3) is 11.0 Å². The molecule has 0 bridgehead atoms. The van der Waals surface area contributed by atoms with Crippen molar-refractivity contribution in [1.82, 2.24) is 24.6 Å². The molecule has 3 heterocycles. The van der Waals surface area contributed by atoms with Gasteiger partial charge < -0.3 is 14.9 Å². The topological polar surface area (TPSA) is 107 Å². The third-order valence-electron chi connectivity index (χ3n) is 4.86. The highest BCUT2D eigenvalue weighted by Crippen LogP contribution is 2.30. The predicted octanol–water partition coefficient (Wildman–Crippen LogP) is 1.36. The first-order valence-corrected chi connectivity index (χ1v) is 8.82. The molecule has 0 spiro atoms. The van der Waals surface area contributed by atoms with Gasteiger partial charge >= 0.3 is 6.09 Å². The lowest BCUT2D eigenvalue weighted by Gasteiger charge is -2.46. The van der Waals surface area contributed by atoms with E-state index in [-0.39, 0.29) is 17.0 Å². The summed E-state index contributed by atoms with van der Waals surface area (Å²) >= 11 is 0. The second-order valence-electron chi connectivity index (χ2n) is 7.66. The van der Waals surface area contributed by atoms with E-state index in [0.29, 0.717) is 43.2 Å². The van der Waals surface area contributed by atoms with Crippen LogP contribution >= 0.6 is 0 Å². The molecule has 0 saturated carbocycles. The Labute approximate surface area is 157 Å². The Morgan fingerprint density at radius 1 is 1.41 bits per heavy atom. The fourth-order valence-electron chi connectivity index (χ4n) is 3.48. The summed E-state index contributed by atoms with van der Waals surface area (Å²) in [6.45, 7) is 9.50. The SMILES string of the molecule is CC#CCn1c(N2CCN(C(=O)O)C(C(C)(C)C)C2)nc2cn[nH]c(=O)c21. The molecule has 2 aromatic rings. The summed E-state index contributed by atoms with van der Waals surface area (Å²) in [5.74, 6) is 6.45. The molecule has 1 saturated heterocycles. The number of hydrogen-bond donors (Lipinski definition) is 2. The highest BCUT2D eigenvalue weighted by atomic mass is 16.4. The second kappa shape index (κ2) is 6.95. The second-order valence-corrected chi connectivity index (χ2v) is 7.66. The molecule has 1 aliphatic heterocycles. The zero-order valence-corrected chi connectivity index (χ0v) is 16.0. The molecule has 2 aromatic heterocycles. The minimum absolute atomic E-state index is 0.203. The summed E-state index contributed by atoms with van der Waals surface area (Å²) in [5, 5.41) is 15.8. The van der Waals surface area contributed by atoms with Crippen LogP contribution in [-0.2, 0) is 6.54 Å². The molecule has 9 heteroatoms. The Bertz CT molecular complexity index is 975. The van der Waals surface area contributed by atoms with Crippen LogP contribution < -0.4 is 10.5 Å². The summed E-state index contributed by atoms with van der Waals surface area (Å²) in [6, 6.07) is -0.203. The van der Waals surface area contributed by atoms with Gasteiger partial charge in [-0.1, -0.05) is 26.7 Å². The molecule has 1 unspecified atom stereocenters. The standard InChI is InChI=1S/C18H24N6O3/c1-5-6-7-24-14-12(10-19-21-15(14)25)20-16(24)22-8-9-23(17(26)27)13(11-22)18(2,3)4/h10,13H,7-9,11H2,1-4H3,(H,21,25)(H,26,27). The van der Waals surface area contributed by atoms with Gasteiger partial charge in [-0.2, -0.15) is 5.10 Å². The number of fused-ring (bicyclic) bond motifs is 1. The van der Waals surface area contributed by atoms with Gasteiger partial charge in [0.1, 0.15) is 11.0 Å². The van der Waals surface area contributed by atoms with E-state index < -0.39 is 6.09 Å². The van der Waals surface area contributed by atoms with Gasteiger partial charge in [0.15, 0.2) is 0 Å². The van der Waals surface area contributed by atoms with Crippen LogP contribution in [0.4, 0.5) is 10.7 Å². The third-order valence-corrected chi connectivity index (χ3v) is 4.86. The summed E-state index contributed by atoms with van der Waals surface area (Å²) in [7, 11) is 0. The molecule has 2 N–H and O–H groups in total. The van der Waals surface area contributed by atoms with Gasteiger partial charge in [0.25, 0.3) is 5.56 Å². The molecular formula is C18H24N6O3. The molecular weight excluding hydrogens is 348 g/mol. The number of piperazine rings is 1. The first kappa shape index (κ1) is 18.8. The Hall–Kier alpha value is -3.02. The number of rotatable bonds is 2. The summed E-state index contributed by atoms with van der Waals surface area (Å²) in [4.78, 5) is 32.1. The third kappa shape index (κ3) is 3.47. The Balaban J connectivity index is 2.06. The van der Waals surface area contributed by atoms with E-state index in [0.717, 1.165) is 0 Å². The fraction of sp³-hybridized carbons (Fsp3) is 0.556. The molecule has 9 nitrogen and oxygen atoms in total. The molecule has 1 atom stereocenters. The lowest BCUT2D eigenvalue weighted by atomic mass is 9.84. The van der Waals surface area contributed by atoms with Crippen LogP contribution in [0.1, 0.15) is 27.7 Å². The van der Waals surface area contributed by atoms with E-state index in [4.69, 9.17) is 0 Å². The number of aromatic nitrogens is 4. The molecule has 27 heavy (non-hydrogen) atoms. The van der Waals surface area contributed by atoms with E-state index in [2.05, 4.69) is 27.0 Å². The minimum atomic E-state index is -0.916. The number of anilines is 1. The minimum Gasteiger partial charge on any atom is -0.465 e. The number of nitrogens with one attached hydrogen (secondary N) is 1. The number of H-pyrrole nitrogens is 1. The van der Waals surface area contributed by atoms with Gasteiger partial charge in [0.2, 0.25) is 5.95 Å². The number of amides is 1. The zero-order valence-electron chi connectivity index (χ0n) is 16.0. The number of carboxylic acid groups (broad SMARTS) is 1. The lowest BCUT2D eigenvalue weighted by Crippen LogP contribution is -2.60. The highest BCUT2D eigenvalue weighted by Gasteiger charge is 2.39. The number of aromatic amines is 1. The van der Waals surface area contributed by atoms with Crippen molar-refractivity contribution in [3.05, 3.63) is 16.6 Å². The van der Waals surface area contributed by atoms with Gasteiger partial charge in [-0.15, -0.1) is 5.92 Å². The predicted molar refractivity (Wildman–Crippen MR) is 102 cm³/mol. The average Bonchev–Trinajstić information content (AvgIpc) is 2.98. The van der Waals surface area contributed by atoms with E-state index in [1.807, 2.05) is 25.7 Å². The van der Waals surface area contributed by atoms with Crippen LogP contribution in [0.2, 0.25) is 0 Å². The van der Waals surface area contributed by atoms with Crippen molar-refractivity contribution in [3.63, 3.8) is 0 Å². The quantitative estimate of drug-likeness (QED) is 0.771. The average molecular weight is 372 g/mol. The van der Waals surface area contributed by atoms with Crippen LogP contribution in [0.5, 0.6) is 0 Å². The van der Waals surface area contributed by atoms with Crippen molar-refractivity contribution in [3.8, 4) is 11.8 Å². The Morgan fingerprint density at radius 2 is 2.15 bits per heavy atom. The number of hydrogen-bond acceptors (Lipinski definition) is 5. The summed E-state index contributed by atoms with van der Waals surface area (Å²) in [5.41, 5.74) is 0.368. The Morgan fingerprint density at radius 3 is 2.78 bits per heavy atom. The first-order chi connectivity index (χ1) is 12.7. The van der Waals surface area contributed by atoms with Gasteiger partial charge in [0, 0.05) is 19.6 Å². The molecule has 0 radical (unpaired) electrons. The monoisotopic (exact) mass is 372 g/mol. The molecule has 144 valence electrons. The summed E-state index contributed by atoms with van der Waals surface area (Å²) < 4.78 is 1.78. The van der Waals surface area contributed by atoms with E-state index >= 15 is 0 Å². The first-order valence-electron chi connectivity index (χ1n) is 8.82. The largest absolute Gasteiger partial charge is 0.465 e. The zero-order chi connectivity index (χ0) is 19.8. The van der Waals surface area contributed by atoms with E-state index in [1.165, 1.54) is 11.1 Å². The maximum atomic E-state index is 12.3. The van der Waals surface area contributed by atoms with Gasteiger partial charge in [-0.3, -0.25) is 9.36 Å². The maximum Gasteiger partial charge on any atom is 0.407 e. The smallest absolute Gasteiger partial charge is 0.407 e. The van der Waals surface area contributed by atoms with Crippen molar-refractivity contribution in [1.29, 1.82) is 0 Å². The molecule has 1 fully saturated rings. The van der Waals surface area contributed by atoms with Gasteiger partial charge in [-0.05, 0) is 12.3 Å². The number of carbonyl (C=O) groups is 1. The van der Waals surface area contributed by atoms with Crippen molar-refractivity contribution in [2.75, 3.05) is 24.5 Å². The van der Waals surface area contributed by atoms with Crippen molar-refractivity contribution >= 4 is 23.1 Å². The van der Waals surface area contributed by atoms with Crippen LogP contribution in [0, 0.1) is 17.3 Å². The van der Waals surface area contributed by atoms with Crippen LogP contribution in [0.3, 0.4) is 0 Å². The Kier molecular flexibility index (Phi) is 4.83. The molecule has 0 aliphatic carbocycles. The van der Waals surface area contributed by atoms with Crippen LogP contribution in [0.15, 0.2) is 11.0 Å². The maximum absolute atomic E-state index is 12.3. The van der Waals surface area contributed by atoms with Crippen molar-refractivity contribution in [2.45, 2.75) is 40.3 Å². The van der Waals surface area contributed by atoms with Gasteiger partial charge in [0.05, 0.1) is 18.8 Å². The molecule has 1 amide bonds. The van der Waals surface area contributed by atoms with Crippen LogP contribution in [-0.4, -0.2) is 61.5 Å². The highest BCUT2D eigenvalue weighted by molar-refractivity contribution is 5.77. The van der Waals surface area contributed by atoms with E-state index in [9.17, 15) is 14.7 Å². The van der Waals surface area contributed by atoms with Crippen molar-refractivity contribution < 1.29 is 9.90 Å². The van der Waals surface area contributed by atoms with E-state index in [1.54, 1.807) is 11.5 Å². The van der Waals surface area contributed by atoms with Gasteiger partial charge in [-0.25, -0.2) is 14.9 Å². The molecule has 1 aliphatic rings. The van der Waals surface area contributed by atoms with Crippen molar-refractivity contribution in [2.24, 2.45) is 5.41 Å². The molecule has 3 rings (SSSR count). The number of imidazole rings is 1. The lowest BCUT2D eigenvalue weighted by molar-refractivity contribution is 0.0744. The normalized spacial score (nSPS) is 17.7. The molecule has 0 aromatic carbocycles. The fourth-order valence-corrected chi connectivity index (χ4v) is 3.48.